The van der Waals surface area contributed by atoms with Crippen LogP contribution in [0, 0.1) is 0 Å². The van der Waals surface area contributed by atoms with Crippen molar-refractivity contribution in [2.45, 2.75) is 22.6 Å². The number of thiazole rings is 1. The number of nitrogens with zero attached hydrogens (tertiary/aromatic N) is 3. The van der Waals surface area contributed by atoms with Gasteiger partial charge in [-0.2, -0.15) is 0 Å². The molecule has 2 aliphatic heterocycles. The zero-order chi connectivity index (χ0) is 49.2. The molecule has 0 spiro atoms. The summed E-state index contributed by atoms with van der Waals surface area (Å²) in [5.74, 6) is -2.71. The smallest absolute Gasteiger partial charge is 0.407 e. The van der Waals surface area contributed by atoms with Crippen LogP contribution in [0.15, 0.2) is 204 Å². The molecule has 0 aliphatic carbocycles. The van der Waals surface area contributed by atoms with Gasteiger partial charge in [-0.05, 0) is 16.7 Å². The lowest BCUT2D eigenvalue weighted by Gasteiger charge is -2.49. The highest BCUT2D eigenvalue weighted by Gasteiger charge is 2.55. The molecule has 1 unspecified atom stereocenters. The van der Waals surface area contributed by atoms with Gasteiger partial charge in [0.15, 0.2) is 10.8 Å². The largest absolute Gasteiger partial charge is 0.477 e. The SMILES string of the molecule is COCCNC(=O)OCC1=C(C(=O)O)N2C(=O)C(NC(=O)/C(=N\OC(c3ccccc3)(c3ccccc3)c3ccccc3)c3csc(NC(c4ccccc4)(c4ccccc4)c4ccccc4)n3)[C@@H]2SC1. The molecule has 0 radical (unpaired) electrons. The minimum atomic E-state index is -1.39. The fourth-order valence-electron chi connectivity index (χ4n) is 8.84. The summed E-state index contributed by atoms with van der Waals surface area (Å²) in [6, 6.07) is 57.6. The Morgan fingerprint density at radius 3 is 1.68 bits per heavy atom. The highest BCUT2D eigenvalue weighted by Crippen LogP contribution is 2.44. The number of nitrogens with one attached hydrogen (secondary N) is 3. The molecule has 358 valence electrons. The summed E-state index contributed by atoms with van der Waals surface area (Å²) in [6.45, 7) is 0.0939. The maximum atomic E-state index is 15.1. The molecule has 6 aromatic carbocycles. The highest BCUT2D eigenvalue weighted by atomic mass is 32.2. The molecule has 3 heterocycles. The molecule has 9 rings (SSSR count). The number of hydrogen-bond donors (Lipinski definition) is 4. The normalized spacial score (nSPS) is 15.8. The van der Waals surface area contributed by atoms with Crippen LogP contribution in [0.1, 0.15) is 39.1 Å². The number of oxime groups is 1. The van der Waals surface area contributed by atoms with Crippen LogP contribution in [0.3, 0.4) is 0 Å². The summed E-state index contributed by atoms with van der Waals surface area (Å²) in [4.78, 5) is 67.2. The Hall–Kier alpha value is -8.05. The number of fused-ring (bicyclic) bond motifs is 1. The molecule has 71 heavy (non-hydrogen) atoms. The van der Waals surface area contributed by atoms with Crippen molar-refractivity contribution in [3.8, 4) is 0 Å². The number of anilines is 1. The molecule has 0 bridgehead atoms. The fourth-order valence-corrected chi connectivity index (χ4v) is 10.9. The summed E-state index contributed by atoms with van der Waals surface area (Å²) in [7, 11) is 1.49. The van der Waals surface area contributed by atoms with Crippen LogP contribution >= 0.6 is 23.1 Å². The molecule has 2 atom stereocenters. The molecular formula is C55H48N6O8S2. The number of carboxylic acids is 1. The number of amides is 3. The predicted molar refractivity (Wildman–Crippen MR) is 273 cm³/mol. The summed E-state index contributed by atoms with van der Waals surface area (Å²) < 4.78 is 10.2. The van der Waals surface area contributed by atoms with Crippen LogP contribution in [0.4, 0.5) is 9.93 Å². The van der Waals surface area contributed by atoms with E-state index in [4.69, 9.17) is 24.5 Å². The molecule has 1 aromatic heterocycles. The third-order valence-corrected chi connectivity index (χ3v) is 14.3. The summed E-state index contributed by atoms with van der Waals surface area (Å²) in [6.07, 6.45) is -0.761. The standard InChI is InChI=1S/C55H48N6O8S2/c1-67-33-32-56-53(66)68-34-37-35-70-50-46(49(63)61(50)47(37)51(64)65)58-48(62)45(60-69-55(41-26-14-5-15-27-41,42-28-16-6-17-29-42)43-30-18-7-19-31-43)44-36-71-52(57-44)59-54(38-20-8-2-9-21-38,39-22-10-3-11-23-39)40-24-12-4-13-25-40/h2-31,36,46,50H,32-35H2,1H3,(H,56,66)(H,57,59)(H,58,62)(H,64,65)/b60-45-/t46?,50-/m0/s1. The number of methoxy groups -OCH3 is 1. The lowest BCUT2D eigenvalue weighted by atomic mass is 9.77. The van der Waals surface area contributed by atoms with E-state index in [1.807, 2.05) is 146 Å². The second kappa shape index (κ2) is 21.7. The minimum Gasteiger partial charge on any atom is -0.477 e. The first-order valence-corrected chi connectivity index (χ1v) is 24.6. The molecular weight excluding hydrogens is 937 g/mol. The maximum absolute atomic E-state index is 15.1. The Labute approximate surface area is 418 Å². The predicted octanol–water partition coefficient (Wildman–Crippen LogP) is 8.37. The second-order valence-electron chi connectivity index (χ2n) is 16.4. The number of aromatic nitrogens is 1. The monoisotopic (exact) mass is 984 g/mol. The van der Waals surface area contributed by atoms with Crippen molar-refractivity contribution in [1.29, 1.82) is 0 Å². The van der Waals surface area contributed by atoms with Crippen molar-refractivity contribution in [1.82, 2.24) is 20.5 Å². The van der Waals surface area contributed by atoms with Crippen molar-refractivity contribution in [3.05, 3.63) is 238 Å². The Bertz CT molecular complexity index is 2840. The molecule has 7 aromatic rings. The van der Waals surface area contributed by atoms with Gasteiger partial charge < -0.3 is 35.4 Å². The van der Waals surface area contributed by atoms with Crippen molar-refractivity contribution in [2.75, 3.05) is 37.9 Å². The second-order valence-corrected chi connectivity index (χ2v) is 18.4. The summed E-state index contributed by atoms with van der Waals surface area (Å²) in [5.41, 5.74) is 2.49. The van der Waals surface area contributed by atoms with Crippen LogP contribution in [0.25, 0.3) is 0 Å². The van der Waals surface area contributed by atoms with E-state index < -0.39 is 46.4 Å². The van der Waals surface area contributed by atoms with E-state index in [1.54, 1.807) is 5.38 Å². The van der Waals surface area contributed by atoms with Gasteiger partial charge >= 0.3 is 12.1 Å². The Morgan fingerprint density at radius 1 is 0.732 bits per heavy atom. The van der Waals surface area contributed by atoms with Gasteiger partial charge in [-0.3, -0.25) is 14.5 Å². The quantitative estimate of drug-likeness (QED) is 0.0201. The van der Waals surface area contributed by atoms with Crippen LogP contribution in [-0.2, 0) is 39.8 Å². The summed E-state index contributed by atoms with van der Waals surface area (Å²) in [5, 5.41) is 25.6. The van der Waals surface area contributed by atoms with Gasteiger partial charge in [0.2, 0.25) is 5.60 Å². The number of hydrogen-bond acceptors (Lipinski definition) is 12. The van der Waals surface area contributed by atoms with E-state index in [1.165, 1.54) is 30.2 Å². The van der Waals surface area contributed by atoms with E-state index >= 15 is 4.79 Å². The van der Waals surface area contributed by atoms with Gasteiger partial charge in [0.1, 0.15) is 35.0 Å². The van der Waals surface area contributed by atoms with E-state index in [2.05, 4.69) is 52.3 Å². The number of ether oxygens (including phenoxy) is 2. The summed E-state index contributed by atoms with van der Waals surface area (Å²) >= 11 is 2.50. The van der Waals surface area contributed by atoms with E-state index in [-0.39, 0.29) is 48.2 Å². The lowest BCUT2D eigenvalue weighted by molar-refractivity contribution is -0.150. The Kier molecular flexibility index (Phi) is 14.7. The van der Waals surface area contributed by atoms with Gasteiger partial charge in [0.25, 0.3) is 11.8 Å². The molecule has 1 saturated heterocycles. The Balaban J connectivity index is 1.11. The lowest BCUT2D eigenvalue weighted by Crippen LogP contribution is -2.71. The fraction of sp³-hybridized carbons (Fsp3) is 0.164. The molecule has 2 aliphatic rings. The first kappa shape index (κ1) is 48.0. The van der Waals surface area contributed by atoms with E-state index in [0.717, 1.165) is 38.3 Å². The van der Waals surface area contributed by atoms with Gasteiger partial charge in [-0.1, -0.05) is 187 Å². The third kappa shape index (κ3) is 9.77. The third-order valence-electron chi connectivity index (χ3n) is 12.2. The zero-order valence-corrected chi connectivity index (χ0v) is 40.0. The number of aliphatic carboxylic acids is 1. The number of carbonyl (C=O) groups is 4. The molecule has 0 saturated carbocycles. The van der Waals surface area contributed by atoms with Gasteiger partial charge in [0, 0.05) is 47.1 Å². The average molecular weight is 985 g/mol. The van der Waals surface area contributed by atoms with Crippen LogP contribution < -0.4 is 16.0 Å². The number of carbonyl (C=O) groups excluding carboxylic acids is 3. The number of thioether (sulfide) groups is 1. The first-order valence-electron chi connectivity index (χ1n) is 22.7. The molecule has 16 heteroatoms. The molecule has 1 fully saturated rings. The minimum absolute atomic E-state index is 0.110. The van der Waals surface area contributed by atoms with Gasteiger partial charge in [-0.15, -0.1) is 23.1 Å². The van der Waals surface area contributed by atoms with Crippen molar-refractivity contribution >= 4 is 57.8 Å². The number of rotatable bonds is 19. The topological polar surface area (TPSA) is 181 Å². The van der Waals surface area contributed by atoms with Crippen LogP contribution in [0.5, 0.6) is 0 Å². The number of alkyl carbamates (subject to hydrolysis) is 1. The molecule has 4 N–H and O–H groups in total. The first-order chi connectivity index (χ1) is 34.7. The number of β-lactam (4-membered cyclic amide) rings is 1. The average Bonchev–Trinajstić information content (AvgIpc) is 3.89. The molecule has 14 nitrogen and oxygen atoms in total. The number of benzene rings is 6. The van der Waals surface area contributed by atoms with E-state index in [0.29, 0.717) is 5.13 Å². The zero-order valence-electron chi connectivity index (χ0n) is 38.3. The van der Waals surface area contributed by atoms with Crippen LogP contribution in [-0.4, -0.2) is 88.6 Å². The van der Waals surface area contributed by atoms with Gasteiger partial charge in [-0.25, -0.2) is 14.6 Å². The number of carboxylic acid groups (broad SMARTS) is 1. The van der Waals surface area contributed by atoms with Crippen molar-refractivity contribution in [3.63, 3.8) is 0 Å². The highest BCUT2D eigenvalue weighted by molar-refractivity contribution is 8.00. The van der Waals surface area contributed by atoms with E-state index in [9.17, 15) is 19.5 Å². The molecule has 3 amide bonds. The maximum Gasteiger partial charge on any atom is 0.407 e. The van der Waals surface area contributed by atoms with Crippen LogP contribution in [0.2, 0.25) is 0 Å². The van der Waals surface area contributed by atoms with Crippen molar-refractivity contribution < 1.29 is 38.6 Å². The Morgan fingerprint density at radius 2 is 1.21 bits per heavy atom. The van der Waals surface area contributed by atoms with Crippen molar-refractivity contribution in [2.24, 2.45) is 5.16 Å². The van der Waals surface area contributed by atoms with Gasteiger partial charge in [0.05, 0.1) is 6.61 Å².